The summed E-state index contributed by atoms with van der Waals surface area (Å²) in [6.07, 6.45) is 0. The van der Waals surface area contributed by atoms with Gasteiger partial charge in [0.15, 0.2) is 5.78 Å². The number of phenolic OH excluding ortho intramolecular Hbond substituents is 1. The predicted molar refractivity (Wildman–Crippen MR) is 86.6 cm³/mol. The van der Waals surface area contributed by atoms with Gasteiger partial charge in [0.2, 0.25) is 0 Å². The first-order chi connectivity index (χ1) is 10.6. The summed E-state index contributed by atoms with van der Waals surface area (Å²) in [6.45, 7) is 1.22. The molecule has 1 aliphatic heterocycles. The first-order valence-electron chi connectivity index (χ1n) is 6.74. The Hall–Kier alpha value is -1.91. The number of nitrogens with zero attached hydrogens (tertiary/aromatic N) is 1. The number of aromatic hydroxyl groups is 1. The Kier molecular flexibility index (Phi) is 4.14. The number of carbonyl (C=O) groups is 1. The first-order valence-corrected chi connectivity index (χ1v) is 7.50. The van der Waals surface area contributed by atoms with E-state index >= 15 is 0 Å². The van der Waals surface area contributed by atoms with Crippen LogP contribution in [0.15, 0.2) is 36.4 Å². The van der Waals surface area contributed by atoms with E-state index in [1.807, 2.05) is 29.2 Å². The van der Waals surface area contributed by atoms with Gasteiger partial charge in [0, 0.05) is 5.02 Å². The van der Waals surface area contributed by atoms with Crippen LogP contribution in [0.2, 0.25) is 10.0 Å². The fraction of sp³-hybridized carbons (Fsp3) is 0.188. The van der Waals surface area contributed by atoms with E-state index in [9.17, 15) is 9.90 Å². The monoisotopic (exact) mass is 337 g/mol. The smallest absolute Gasteiger partial charge is 0.185 e. The molecule has 0 atom stereocenters. The van der Waals surface area contributed by atoms with Crippen molar-refractivity contribution in [2.24, 2.45) is 0 Å². The summed E-state index contributed by atoms with van der Waals surface area (Å²) in [5.74, 6) is 0.256. The van der Waals surface area contributed by atoms with E-state index in [1.165, 1.54) is 12.1 Å². The summed E-state index contributed by atoms with van der Waals surface area (Å²) in [5, 5.41) is 10.3. The van der Waals surface area contributed by atoms with Crippen LogP contribution < -0.4 is 9.64 Å². The fourth-order valence-corrected chi connectivity index (χ4v) is 2.92. The zero-order valence-corrected chi connectivity index (χ0v) is 13.1. The molecule has 0 radical (unpaired) electrons. The number of ketones is 1. The molecule has 22 heavy (non-hydrogen) atoms. The number of phenols is 1. The zero-order chi connectivity index (χ0) is 15.7. The molecule has 0 amide bonds. The Bertz CT molecular complexity index is 733. The maximum atomic E-state index is 12.5. The van der Waals surface area contributed by atoms with Crippen molar-refractivity contribution in [3.8, 4) is 11.5 Å². The number of halogens is 2. The summed E-state index contributed by atoms with van der Waals surface area (Å²) < 4.78 is 5.56. The molecule has 0 fully saturated rings. The van der Waals surface area contributed by atoms with Gasteiger partial charge >= 0.3 is 0 Å². The number of anilines is 1. The molecular weight excluding hydrogens is 325 g/mol. The predicted octanol–water partition coefficient (Wildman–Crippen LogP) is 3.78. The van der Waals surface area contributed by atoms with E-state index in [-0.39, 0.29) is 28.7 Å². The Morgan fingerprint density at radius 1 is 1.27 bits per heavy atom. The third kappa shape index (κ3) is 2.85. The fourth-order valence-electron chi connectivity index (χ4n) is 2.43. The van der Waals surface area contributed by atoms with Crippen LogP contribution in [0.25, 0.3) is 0 Å². The van der Waals surface area contributed by atoms with Crippen molar-refractivity contribution in [1.82, 2.24) is 0 Å². The van der Waals surface area contributed by atoms with Gasteiger partial charge in [-0.3, -0.25) is 4.79 Å². The van der Waals surface area contributed by atoms with Crippen LogP contribution in [0.5, 0.6) is 11.5 Å². The number of para-hydroxylation sites is 2. The normalized spacial score (nSPS) is 13.5. The largest absolute Gasteiger partial charge is 0.506 e. The van der Waals surface area contributed by atoms with Gasteiger partial charge < -0.3 is 14.7 Å². The molecule has 0 saturated carbocycles. The molecule has 0 saturated heterocycles. The minimum Gasteiger partial charge on any atom is -0.506 e. The van der Waals surface area contributed by atoms with E-state index in [4.69, 9.17) is 27.9 Å². The molecular formula is C16H13Cl2NO3. The number of hydrogen-bond donors (Lipinski definition) is 1. The summed E-state index contributed by atoms with van der Waals surface area (Å²) in [4.78, 5) is 14.4. The van der Waals surface area contributed by atoms with Crippen molar-refractivity contribution in [2.45, 2.75) is 0 Å². The second-order valence-electron chi connectivity index (χ2n) is 4.94. The van der Waals surface area contributed by atoms with Crippen molar-refractivity contribution < 1.29 is 14.6 Å². The number of Topliss-reactive ketones (excluding diaryl/α,β-unsaturated/α-hetero) is 1. The van der Waals surface area contributed by atoms with Crippen LogP contribution in [0.1, 0.15) is 10.4 Å². The van der Waals surface area contributed by atoms with Gasteiger partial charge in [0.25, 0.3) is 0 Å². The van der Waals surface area contributed by atoms with Crippen molar-refractivity contribution in [3.63, 3.8) is 0 Å². The van der Waals surface area contributed by atoms with Crippen LogP contribution >= 0.6 is 23.2 Å². The van der Waals surface area contributed by atoms with Crippen molar-refractivity contribution in [2.75, 3.05) is 24.6 Å². The highest BCUT2D eigenvalue weighted by molar-refractivity contribution is 6.36. The molecule has 0 bridgehead atoms. The molecule has 0 spiro atoms. The van der Waals surface area contributed by atoms with Crippen molar-refractivity contribution in [3.05, 3.63) is 52.0 Å². The summed E-state index contributed by atoms with van der Waals surface area (Å²) in [6, 6.07) is 10.4. The van der Waals surface area contributed by atoms with E-state index in [0.717, 1.165) is 11.4 Å². The molecule has 0 unspecified atom stereocenters. The third-order valence-corrected chi connectivity index (χ3v) is 3.99. The molecule has 1 aliphatic rings. The summed E-state index contributed by atoms with van der Waals surface area (Å²) in [7, 11) is 0. The van der Waals surface area contributed by atoms with Crippen LogP contribution in [-0.2, 0) is 0 Å². The van der Waals surface area contributed by atoms with E-state index < -0.39 is 0 Å². The highest BCUT2D eigenvalue weighted by Crippen LogP contribution is 2.34. The van der Waals surface area contributed by atoms with Crippen molar-refractivity contribution >= 4 is 34.7 Å². The zero-order valence-electron chi connectivity index (χ0n) is 11.6. The molecule has 4 nitrogen and oxygen atoms in total. The van der Waals surface area contributed by atoms with Gasteiger partial charge in [-0.05, 0) is 24.3 Å². The second kappa shape index (κ2) is 6.07. The first kappa shape index (κ1) is 15.0. The van der Waals surface area contributed by atoms with Crippen LogP contribution in [0.4, 0.5) is 5.69 Å². The number of fused-ring (bicyclic) bond motifs is 1. The quantitative estimate of drug-likeness (QED) is 0.866. The summed E-state index contributed by atoms with van der Waals surface area (Å²) >= 11 is 11.8. The minimum atomic E-state index is -0.251. The molecule has 6 heteroatoms. The van der Waals surface area contributed by atoms with E-state index in [1.54, 1.807) is 0 Å². The van der Waals surface area contributed by atoms with Crippen LogP contribution in [-0.4, -0.2) is 30.6 Å². The number of benzene rings is 2. The Balaban J connectivity index is 1.87. The standard InChI is InChI=1S/C16H13Cl2NO3/c17-10-7-11(16(21)12(18)8-10)14(20)9-19-5-6-22-15-4-2-1-3-13(15)19/h1-4,7-8,21H,5-6,9H2. The lowest BCUT2D eigenvalue weighted by molar-refractivity contribution is 0.0994. The van der Waals surface area contributed by atoms with Gasteiger partial charge in [-0.2, -0.15) is 0 Å². The average Bonchev–Trinajstić information content (AvgIpc) is 2.51. The van der Waals surface area contributed by atoms with Crippen LogP contribution in [0.3, 0.4) is 0 Å². The van der Waals surface area contributed by atoms with Gasteiger partial charge in [0.05, 0.1) is 29.4 Å². The Labute approximate surface area is 137 Å². The lowest BCUT2D eigenvalue weighted by Gasteiger charge is -2.30. The Morgan fingerprint density at radius 2 is 2.05 bits per heavy atom. The van der Waals surface area contributed by atoms with Gasteiger partial charge in [-0.15, -0.1) is 0 Å². The third-order valence-electron chi connectivity index (χ3n) is 3.49. The minimum absolute atomic E-state index is 0.0678. The molecule has 3 rings (SSSR count). The number of hydrogen-bond acceptors (Lipinski definition) is 4. The molecule has 1 heterocycles. The topological polar surface area (TPSA) is 49.8 Å². The maximum absolute atomic E-state index is 12.5. The van der Waals surface area contributed by atoms with Gasteiger partial charge in [-0.25, -0.2) is 0 Å². The number of ether oxygens (including phenoxy) is 1. The molecule has 114 valence electrons. The van der Waals surface area contributed by atoms with Crippen molar-refractivity contribution in [1.29, 1.82) is 0 Å². The maximum Gasteiger partial charge on any atom is 0.185 e. The second-order valence-corrected chi connectivity index (χ2v) is 5.79. The molecule has 1 N–H and O–H groups in total. The Morgan fingerprint density at radius 3 is 2.86 bits per heavy atom. The number of carbonyl (C=O) groups excluding carboxylic acids is 1. The molecule has 0 aromatic heterocycles. The highest BCUT2D eigenvalue weighted by atomic mass is 35.5. The highest BCUT2D eigenvalue weighted by Gasteiger charge is 2.22. The molecule has 2 aromatic rings. The number of rotatable bonds is 3. The SMILES string of the molecule is O=C(CN1CCOc2ccccc21)c1cc(Cl)cc(Cl)c1O. The van der Waals surface area contributed by atoms with Crippen LogP contribution in [0, 0.1) is 0 Å². The van der Waals surface area contributed by atoms with Gasteiger partial charge in [0.1, 0.15) is 18.1 Å². The lowest BCUT2D eigenvalue weighted by Crippen LogP contribution is -2.36. The van der Waals surface area contributed by atoms with E-state index in [2.05, 4.69) is 0 Å². The molecule has 2 aromatic carbocycles. The molecule has 0 aliphatic carbocycles. The average molecular weight is 338 g/mol. The summed E-state index contributed by atoms with van der Waals surface area (Å²) in [5.41, 5.74) is 0.983. The van der Waals surface area contributed by atoms with E-state index in [0.29, 0.717) is 18.2 Å². The lowest BCUT2D eigenvalue weighted by atomic mass is 10.1. The van der Waals surface area contributed by atoms with Gasteiger partial charge in [-0.1, -0.05) is 35.3 Å².